The van der Waals surface area contributed by atoms with Crippen LogP contribution in [-0.4, -0.2) is 135 Å². The number of fused-ring (bicyclic) bond motifs is 2. The zero-order valence-corrected chi connectivity index (χ0v) is 68.7. The van der Waals surface area contributed by atoms with Crippen LogP contribution in [0, 0.1) is 13.8 Å². The molecule has 0 saturated heterocycles. The molecule has 114 heavy (non-hydrogen) atoms. The highest BCUT2D eigenvalue weighted by molar-refractivity contribution is 7.93. The Labute approximate surface area is 683 Å². The summed E-state index contributed by atoms with van der Waals surface area (Å²) >= 11 is 36.2. The van der Waals surface area contributed by atoms with Crippen molar-refractivity contribution >= 4 is 158 Å². The van der Waals surface area contributed by atoms with Crippen LogP contribution in [0.3, 0.4) is 0 Å². The first-order valence-corrected chi connectivity index (χ1v) is 39.9. The van der Waals surface area contributed by atoms with Gasteiger partial charge in [-0.3, -0.25) is 33.5 Å². The fraction of sp³-hybridized carbons (Fsp3) is 0.200. The number of benzene rings is 6. The summed E-state index contributed by atoms with van der Waals surface area (Å²) in [4.78, 5) is 64.0. The smallest absolute Gasteiger partial charge is 0.342 e. The zero-order valence-electron chi connectivity index (χ0n) is 61.7. The summed E-state index contributed by atoms with van der Waals surface area (Å²) in [5.74, 6) is -0.816. The molecule has 0 unspecified atom stereocenters. The molecule has 600 valence electrons. The van der Waals surface area contributed by atoms with E-state index in [0.717, 1.165) is 0 Å². The number of hydrogen-bond acceptors (Lipinski definition) is 25. The topological polar surface area (TPSA) is 373 Å². The van der Waals surface area contributed by atoms with Crippen LogP contribution in [0.15, 0.2) is 167 Å². The second kappa shape index (κ2) is 38.2. The highest BCUT2D eigenvalue weighted by Crippen LogP contribution is 2.44. The molecule has 0 radical (unpaired) electrons. The van der Waals surface area contributed by atoms with Crippen LogP contribution in [0.25, 0.3) is 11.0 Å². The maximum absolute atomic E-state index is 13.6. The quantitative estimate of drug-likeness (QED) is 0.0303. The molecule has 39 heteroatoms. The minimum Gasteiger partial charge on any atom is -0.493 e. The molecule has 0 amide bonds. The van der Waals surface area contributed by atoms with E-state index in [0.29, 0.717) is 50.1 Å². The third-order valence-electron chi connectivity index (χ3n) is 15.9. The number of esters is 5. The number of sulfonamides is 3. The van der Waals surface area contributed by atoms with Crippen LogP contribution in [0.2, 0.25) is 30.1 Å². The number of nitrogens with one attached hydrogen (secondary N) is 3. The van der Waals surface area contributed by atoms with Gasteiger partial charge in [-0.25, -0.2) is 43.9 Å². The lowest BCUT2D eigenvalue weighted by atomic mass is 10.1. The van der Waals surface area contributed by atoms with E-state index >= 15 is 0 Å². The van der Waals surface area contributed by atoms with Crippen molar-refractivity contribution in [2.45, 2.75) is 61.6 Å². The summed E-state index contributed by atoms with van der Waals surface area (Å²) in [5.41, 5.74) is 3.10. The first-order chi connectivity index (χ1) is 54.2. The minimum absolute atomic E-state index is 0.00397. The van der Waals surface area contributed by atoms with E-state index in [2.05, 4.69) is 34.1 Å². The SMILES string of the molecule is CCOC(=O)c1c(C)nn2cc(NS(=O)(=O)c3ccc(Cl)cc3Cl)c(Oc3ccc(CC(=O)OC)cc3OC)cc12.CCOC(=O)c1c(C)nn2ccc(Oc3ccc(CC(=O)OC)cc3OC)c(NS(=O)(=O)c3ccc(Cl)cc3Cl)c12.COC(=O)Cc1ccc(Oc2ccncc2NS(=O)(=O)c2ccc(Cl)cc2Cl)c(OC)c1. The van der Waals surface area contributed by atoms with E-state index < -0.39 is 59.9 Å². The van der Waals surface area contributed by atoms with Gasteiger partial charge in [0.15, 0.2) is 51.7 Å². The number of aromatic nitrogens is 5. The summed E-state index contributed by atoms with van der Waals surface area (Å²) in [6.07, 6.45) is 5.68. The predicted molar refractivity (Wildman–Crippen MR) is 424 cm³/mol. The predicted octanol–water partition coefficient (Wildman–Crippen LogP) is 15.6. The van der Waals surface area contributed by atoms with Gasteiger partial charge in [0.1, 0.15) is 48.4 Å². The summed E-state index contributed by atoms with van der Waals surface area (Å²) in [6.45, 7) is 6.78. The van der Waals surface area contributed by atoms with Gasteiger partial charge in [0.25, 0.3) is 30.1 Å². The molecule has 0 spiro atoms. The Hall–Kier alpha value is -11.0. The maximum Gasteiger partial charge on any atom is 0.342 e. The molecule has 0 saturated carbocycles. The maximum atomic E-state index is 13.6. The van der Waals surface area contributed by atoms with Crippen LogP contribution in [-0.2, 0) is 87.4 Å². The van der Waals surface area contributed by atoms with Crippen molar-refractivity contribution in [2.24, 2.45) is 0 Å². The average Bonchev–Trinajstić information content (AvgIpc) is 1.55. The lowest BCUT2D eigenvalue weighted by Gasteiger charge is -2.17. The Morgan fingerprint density at radius 1 is 0.421 bits per heavy atom. The lowest BCUT2D eigenvalue weighted by molar-refractivity contribution is -0.140. The third-order valence-corrected chi connectivity index (χ3v) is 22.2. The highest BCUT2D eigenvalue weighted by atomic mass is 35.5. The van der Waals surface area contributed by atoms with Gasteiger partial charge in [0, 0.05) is 45.7 Å². The first kappa shape index (κ1) is 87.0. The van der Waals surface area contributed by atoms with Crippen molar-refractivity contribution in [1.82, 2.24) is 24.2 Å². The summed E-state index contributed by atoms with van der Waals surface area (Å²) in [6, 6.07) is 30.9. The van der Waals surface area contributed by atoms with E-state index in [9.17, 15) is 49.2 Å². The van der Waals surface area contributed by atoms with Crippen molar-refractivity contribution < 1.29 is 101 Å². The normalized spacial score (nSPS) is 11.2. The zero-order chi connectivity index (χ0) is 83.1. The Morgan fingerprint density at radius 3 is 1.24 bits per heavy atom. The van der Waals surface area contributed by atoms with Crippen molar-refractivity contribution in [3.63, 3.8) is 0 Å². The van der Waals surface area contributed by atoms with E-state index in [1.807, 2.05) is 0 Å². The van der Waals surface area contributed by atoms with Gasteiger partial charge in [0.2, 0.25) is 0 Å². The van der Waals surface area contributed by atoms with Crippen molar-refractivity contribution in [1.29, 1.82) is 0 Å². The second-order valence-corrected chi connectivity index (χ2v) is 31.0. The molecule has 0 fully saturated rings. The first-order valence-electron chi connectivity index (χ1n) is 33.2. The van der Waals surface area contributed by atoms with E-state index in [1.54, 1.807) is 82.3 Å². The fourth-order valence-electron chi connectivity index (χ4n) is 10.7. The fourth-order valence-corrected chi connectivity index (χ4v) is 16.2. The number of carbonyl (C=O) groups is 5. The molecule has 5 aromatic heterocycles. The Kier molecular flexibility index (Phi) is 29.1. The Morgan fingerprint density at radius 2 is 0.816 bits per heavy atom. The number of ether oxygens (including phenoxy) is 11. The standard InChI is InChI=1S/2C27H25Cl2N3O8S.C21H18Cl2N2O6S/c1-5-39-27(34)26-15(2)30-32-14-19(31-41(35,36)24-9-7-17(28)12-18(24)29)22(13-20(26)32)40-21-8-6-16(10-23(21)37-3)11-25(33)38-4;1-5-39-27(34)24-15(2)30-32-11-10-20(40-19-8-6-16(12-21(19)37-3)13-23(33)38-4)25(26(24)32)31-41(35,36)22-9-7-17(28)14-18(22)29;1-29-19-9-13(10-21(26)30-2)3-5-18(19)31-17-7-8-24-12-16(17)25-32(27,28)20-6-4-14(22)11-15(20)23/h6-10,12-14,31H,5,11H2,1-4H3;6-12,14,31H,5,13H2,1-4H3;3-9,11-12,25H,10H2,1-2H3. The van der Waals surface area contributed by atoms with Crippen molar-refractivity contribution in [2.75, 3.05) is 70.0 Å². The number of hydrogen-bond donors (Lipinski definition) is 3. The van der Waals surface area contributed by atoms with Gasteiger partial charge in [-0.1, -0.05) is 87.8 Å². The molecule has 11 rings (SSSR count). The molecule has 30 nitrogen and oxygen atoms in total. The Bertz CT molecular complexity index is 5810. The number of pyridine rings is 3. The van der Waals surface area contributed by atoms with Gasteiger partial charge in [0.05, 0.1) is 120 Å². The van der Waals surface area contributed by atoms with E-state index in [1.165, 1.54) is 149 Å². The van der Waals surface area contributed by atoms with Crippen LogP contribution in [0.1, 0.15) is 62.6 Å². The third kappa shape index (κ3) is 21.2. The minimum atomic E-state index is -4.35. The van der Waals surface area contributed by atoms with Gasteiger partial charge in [-0.05, 0) is 135 Å². The van der Waals surface area contributed by atoms with Crippen molar-refractivity contribution in [3.05, 3.63) is 222 Å². The molecule has 11 aromatic rings. The highest BCUT2D eigenvalue weighted by Gasteiger charge is 2.31. The molecular weight excluding hydrogens is 1670 g/mol. The number of nitrogens with zero attached hydrogens (tertiary/aromatic N) is 5. The molecule has 6 aromatic carbocycles. The van der Waals surface area contributed by atoms with Crippen molar-refractivity contribution in [3.8, 4) is 51.7 Å². The number of methoxy groups -OCH3 is 6. The summed E-state index contributed by atoms with van der Waals surface area (Å²) < 4.78 is 149. The van der Waals surface area contributed by atoms with Gasteiger partial charge >= 0.3 is 29.8 Å². The molecule has 0 aliphatic rings. The molecule has 3 N–H and O–H groups in total. The van der Waals surface area contributed by atoms with Crippen LogP contribution >= 0.6 is 69.6 Å². The molecule has 5 heterocycles. The number of carbonyl (C=O) groups excluding carboxylic acids is 5. The number of halogens is 6. The van der Waals surface area contributed by atoms with Crippen LogP contribution < -0.4 is 42.6 Å². The van der Waals surface area contributed by atoms with Crippen LogP contribution in [0.5, 0.6) is 51.7 Å². The summed E-state index contributed by atoms with van der Waals surface area (Å²) in [5, 5.41) is 9.30. The Balaban J connectivity index is 0.000000198. The number of anilines is 3. The molecule has 0 aliphatic heterocycles. The number of aryl methyl sites for hydroxylation is 2. The van der Waals surface area contributed by atoms with Gasteiger partial charge in [-0.2, -0.15) is 10.2 Å². The van der Waals surface area contributed by atoms with Gasteiger partial charge < -0.3 is 52.1 Å². The molecule has 0 atom stereocenters. The second-order valence-electron chi connectivity index (χ2n) is 23.5. The van der Waals surface area contributed by atoms with E-state index in [-0.39, 0.29) is 146 Å². The molecule has 0 bridgehead atoms. The van der Waals surface area contributed by atoms with Crippen LogP contribution in [0.4, 0.5) is 17.1 Å². The van der Waals surface area contributed by atoms with E-state index in [4.69, 9.17) is 117 Å². The number of rotatable bonds is 28. The molecule has 0 aliphatic carbocycles. The summed E-state index contributed by atoms with van der Waals surface area (Å²) in [7, 11) is -4.49. The largest absolute Gasteiger partial charge is 0.493 e. The monoisotopic (exact) mass is 1740 g/mol. The lowest BCUT2D eigenvalue weighted by Crippen LogP contribution is -2.16. The molecular formula is C75H68Cl6N8O22S3. The van der Waals surface area contributed by atoms with Gasteiger partial charge in [-0.15, -0.1) is 0 Å². The average molecular weight is 1740 g/mol.